The van der Waals surface area contributed by atoms with E-state index < -0.39 is 0 Å². The van der Waals surface area contributed by atoms with E-state index in [1.165, 1.54) is 30.5 Å². The second kappa shape index (κ2) is 4.26. The molecule has 2 heterocycles. The molecule has 0 radical (unpaired) electrons. The Morgan fingerprint density at radius 3 is 3.18 bits per heavy atom. The van der Waals surface area contributed by atoms with Crippen LogP contribution in [0, 0.1) is 0 Å². The predicted octanol–water partition coefficient (Wildman–Crippen LogP) is 1.45. The summed E-state index contributed by atoms with van der Waals surface area (Å²) >= 11 is 0. The highest BCUT2D eigenvalue weighted by atomic mass is 15.3. The molecular weight excluding hydrogens is 212 g/mol. The van der Waals surface area contributed by atoms with Crippen molar-refractivity contribution in [2.75, 3.05) is 18.0 Å². The molecule has 2 atom stereocenters. The molecule has 1 fully saturated rings. The van der Waals surface area contributed by atoms with E-state index in [2.05, 4.69) is 16.8 Å². The first kappa shape index (κ1) is 11.0. The van der Waals surface area contributed by atoms with Gasteiger partial charge in [0.25, 0.3) is 0 Å². The van der Waals surface area contributed by atoms with Crippen LogP contribution in [0.4, 0.5) is 5.95 Å². The molecule has 0 bridgehead atoms. The minimum absolute atomic E-state index is 0.435. The number of rotatable bonds is 2. The van der Waals surface area contributed by atoms with Crippen LogP contribution in [-0.4, -0.2) is 29.1 Å². The maximum Gasteiger partial charge on any atom is 0.225 e. The summed E-state index contributed by atoms with van der Waals surface area (Å²) < 4.78 is 0. The zero-order chi connectivity index (χ0) is 11.8. The summed E-state index contributed by atoms with van der Waals surface area (Å²) in [6, 6.07) is 0.435. The number of nitrogens with two attached hydrogens (primary N) is 1. The third kappa shape index (κ3) is 1.80. The minimum Gasteiger partial charge on any atom is -0.337 e. The summed E-state index contributed by atoms with van der Waals surface area (Å²) in [7, 11) is 0. The fraction of sp³-hybridized carbons (Fsp3) is 0.692. The Kier molecular flexibility index (Phi) is 2.74. The van der Waals surface area contributed by atoms with Crippen LogP contribution in [0.3, 0.4) is 0 Å². The number of nitrogens with zero attached hydrogens (tertiary/aromatic N) is 3. The fourth-order valence-corrected chi connectivity index (χ4v) is 3.02. The number of aromatic nitrogens is 2. The van der Waals surface area contributed by atoms with Gasteiger partial charge in [-0.15, -0.1) is 0 Å². The third-order valence-corrected chi connectivity index (χ3v) is 4.10. The Morgan fingerprint density at radius 1 is 1.47 bits per heavy atom. The second-order valence-corrected chi connectivity index (χ2v) is 5.25. The van der Waals surface area contributed by atoms with Crippen molar-refractivity contribution in [3.8, 4) is 0 Å². The lowest BCUT2D eigenvalue weighted by molar-refractivity contribution is 0.659. The molecule has 2 N–H and O–H groups in total. The zero-order valence-electron chi connectivity index (χ0n) is 10.4. The molecule has 17 heavy (non-hydrogen) atoms. The van der Waals surface area contributed by atoms with Gasteiger partial charge in [-0.3, -0.25) is 0 Å². The monoisotopic (exact) mass is 232 g/mol. The van der Waals surface area contributed by atoms with Gasteiger partial charge in [-0.2, -0.15) is 0 Å². The second-order valence-electron chi connectivity index (χ2n) is 5.25. The van der Waals surface area contributed by atoms with E-state index in [1.54, 1.807) is 0 Å². The topological polar surface area (TPSA) is 55.0 Å². The molecule has 1 aliphatic carbocycles. The van der Waals surface area contributed by atoms with Gasteiger partial charge < -0.3 is 10.6 Å². The number of hydrogen-bond donors (Lipinski definition) is 1. The van der Waals surface area contributed by atoms with Gasteiger partial charge in [0, 0.05) is 25.3 Å². The Bertz CT molecular complexity index is 418. The van der Waals surface area contributed by atoms with E-state index in [9.17, 15) is 0 Å². The van der Waals surface area contributed by atoms with Crippen LogP contribution in [-0.2, 0) is 6.42 Å². The van der Waals surface area contributed by atoms with Gasteiger partial charge in [0.2, 0.25) is 5.95 Å². The van der Waals surface area contributed by atoms with Gasteiger partial charge in [0.05, 0.1) is 5.69 Å². The maximum absolute atomic E-state index is 5.80. The van der Waals surface area contributed by atoms with Crippen molar-refractivity contribution in [2.45, 2.75) is 44.6 Å². The normalized spacial score (nSPS) is 27.5. The lowest BCUT2D eigenvalue weighted by Crippen LogP contribution is -2.36. The van der Waals surface area contributed by atoms with Gasteiger partial charge in [-0.1, -0.05) is 6.92 Å². The third-order valence-electron chi connectivity index (χ3n) is 4.10. The van der Waals surface area contributed by atoms with E-state index in [-0.39, 0.29) is 0 Å². The molecule has 92 valence electrons. The Morgan fingerprint density at radius 2 is 2.35 bits per heavy atom. The molecule has 2 unspecified atom stereocenters. The van der Waals surface area contributed by atoms with Crippen LogP contribution in [0.5, 0.6) is 0 Å². The van der Waals surface area contributed by atoms with Crippen LogP contribution >= 0.6 is 0 Å². The number of aryl methyl sites for hydroxylation is 1. The van der Waals surface area contributed by atoms with Crippen LogP contribution < -0.4 is 10.6 Å². The van der Waals surface area contributed by atoms with Gasteiger partial charge in [0.1, 0.15) is 0 Å². The van der Waals surface area contributed by atoms with Crippen molar-refractivity contribution in [3.05, 3.63) is 17.5 Å². The zero-order valence-corrected chi connectivity index (χ0v) is 10.4. The first-order chi connectivity index (χ1) is 8.29. The summed E-state index contributed by atoms with van der Waals surface area (Å²) in [5, 5.41) is 0. The molecule has 4 nitrogen and oxygen atoms in total. The van der Waals surface area contributed by atoms with Crippen LogP contribution in [0.2, 0.25) is 0 Å². The molecule has 1 saturated heterocycles. The fourth-order valence-electron chi connectivity index (χ4n) is 3.02. The first-order valence-electron chi connectivity index (χ1n) is 6.62. The lowest BCUT2D eigenvalue weighted by atomic mass is 10.1. The Balaban J connectivity index is 1.91. The van der Waals surface area contributed by atoms with Crippen molar-refractivity contribution in [3.63, 3.8) is 0 Å². The van der Waals surface area contributed by atoms with Gasteiger partial charge in [-0.25, -0.2) is 9.97 Å². The molecule has 0 amide bonds. The number of hydrogen-bond acceptors (Lipinski definition) is 4. The Labute approximate surface area is 102 Å². The summed E-state index contributed by atoms with van der Waals surface area (Å²) in [6.45, 7) is 4.01. The average Bonchev–Trinajstić information content (AvgIpc) is 2.96. The highest BCUT2D eigenvalue weighted by Crippen LogP contribution is 2.32. The standard InChI is InChI=1S/C13H20N4/c1-9-4-5-10-8-15-13(16-12(9)10)17-6-2-3-11(17)7-14/h8-9,11H,2-7,14H2,1H3. The molecule has 0 spiro atoms. The maximum atomic E-state index is 5.80. The van der Waals surface area contributed by atoms with Crippen molar-refractivity contribution in [2.24, 2.45) is 5.73 Å². The highest BCUT2D eigenvalue weighted by molar-refractivity contribution is 5.38. The molecule has 1 aromatic rings. The summed E-state index contributed by atoms with van der Waals surface area (Å²) in [5.41, 5.74) is 8.40. The van der Waals surface area contributed by atoms with E-state index in [0.29, 0.717) is 18.5 Å². The van der Waals surface area contributed by atoms with Crippen molar-refractivity contribution < 1.29 is 0 Å². The van der Waals surface area contributed by atoms with E-state index in [1.807, 2.05) is 6.20 Å². The number of fused-ring (bicyclic) bond motifs is 1. The van der Waals surface area contributed by atoms with Crippen molar-refractivity contribution >= 4 is 5.95 Å². The molecule has 2 aliphatic rings. The van der Waals surface area contributed by atoms with Crippen LogP contribution in [0.15, 0.2) is 6.20 Å². The van der Waals surface area contributed by atoms with Gasteiger partial charge >= 0.3 is 0 Å². The van der Waals surface area contributed by atoms with E-state index in [4.69, 9.17) is 10.7 Å². The number of anilines is 1. The highest BCUT2D eigenvalue weighted by Gasteiger charge is 2.28. The molecule has 3 rings (SSSR count). The van der Waals surface area contributed by atoms with Crippen LogP contribution in [0.25, 0.3) is 0 Å². The van der Waals surface area contributed by atoms with Gasteiger partial charge in [0.15, 0.2) is 0 Å². The average molecular weight is 232 g/mol. The van der Waals surface area contributed by atoms with Crippen LogP contribution in [0.1, 0.15) is 43.4 Å². The first-order valence-corrected chi connectivity index (χ1v) is 6.62. The van der Waals surface area contributed by atoms with Crippen molar-refractivity contribution in [1.29, 1.82) is 0 Å². The summed E-state index contributed by atoms with van der Waals surface area (Å²) in [4.78, 5) is 11.6. The van der Waals surface area contributed by atoms with E-state index in [0.717, 1.165) is 18.9 Å². The largest absolute Gasteiger partial charge is 0.337 e. The Hall–Kier alpha value is -1.16. The SMILES string of the molecule is CC1CCc2cnc(N3CCCC3CN)nc21. The van der Waals surface area contributed by atoms with Crippen molar-refractivity contribution in [1.82, 2.24) is 9.97 Å². The van der Waals surface area contributed by atoms with Gasteiger partial charge in [-0.05, 0) is 37.2 Å². The summed E-state index contributed by atoms with van der Waals surface area (Å²) in [5.74, 6) is 1.48. The molecular formula is C13H20N4. The molecule has 4 heteroatoms. The van der Waals surface area contributed by atoms with E-state index >= 15 is 0 Å². The predicted molar refractivity (Wildman–Crippen MR) is 68.2 cm³/mol. The molecule has 0 saturated carbocycles. The minimum atomic E-state index is 0.435. The molecule has 1 aliphatic heterocycles. The smallest absolute Gasteiger partial charge is 0.225 e. The quantitative estimate of drug-likeness (QED) is 0.838. The summed E-state index contributed by atoms with van der Waals surface area (Å²) in [6.07, 6.45) is 6.75. The lowest BCUT2D eigenvalue weighted by Gasteiger charge is -2.23. The molecule has 1 aromatic heterocycles. The molecule has 0 aromatic carbocycles.